The molecule has 0 aliphatic carbocycles. The summed E-state index contributed by atoms with van der Waals surface area (Å²) >= 11 is 0. The van der Waals surface area contributed by atoms with E-state index in [2.05, 4.69) is 5.32 Å². The van der Waals surface area contributed by atoms with Crippen LogP contribution in [0.25, 0.3) is 0 Å². The quantitative estimate of drug-likeness (QED) is 0.842. The number of nitrogens with one attached hydrogen (secondary N) is 1. The number of hydrogen-bond donors (Lipinski definition) is 2. The molecule has 2 aromatic rings. The zero-order chi connectivity index (χ0) is 14.5. The van der Waals surface area contributed by atoms with E-state index in [1.807, 2.05) is 6.92 Å². The molecular formula is C15H15FN2O2. The molecule has 2 rings (SSSR count). The molecule has 0 aliphatic rings. The minimum atomic E-state index is -0.472. The minimum absolute atomic E-state index is 0.105. The SMILES string of the molecule is CCOc1ccc(NC(=O)c2ccc(F)cc2N)cc1. The monoisotopic (exact) mass is 274 g/mol. The molecule has 0 saturated heterocycles. The molecule has 0 atom stereocenters. The lowest BCUT2D eigenvalue weighted by atomic mass is 10.1. The molecule has 0 heterocycles. The number of ether oxygens (including phenoxy) is 1. The fraction of sp³-hybridized carbons (Fsp3) is 0.133. The van der Waals surface area contributed by atoms with Gasteiger partial charge in [0.1, 0.15) is 11.6 Å². The predicted molar refractivity (Wildman–Crippen MR) is 76.4 cm³/mol. The Kier molecular flexibility index (Phi) is 4.20. The Labute approximate surface area is 116 Å². The van der Waals surface area contributed by atoms with Gasteiger partial charge in [0.05, 0.1) is 12.2 Å². The first-order valence-electron chi connectivity index (χ1n) is 6.19. The smallest absolute Gasteiger partial charge is 0.257 e. The summed E-state index contributed by atoms with van der Waals surface area (Å²) in [5, 5.41) is 2.69. The normalized spacial score (nSPS) is 10.1. The molecule has 1 amide bonds. The molecule has 0 spiro atoms. The summed E-state index contributed by atoms with van der Waals surface area (Å²) in [6.07, 6.45) is 0. The van der Waals surface area contributed by atoms with Crippen LogP contribution in [0.5, 0.6) is 5.75 Å². The first-order valence-corrected chi connectivity index (χ1v) is 6.19. The van der Waals surface area contributed by atoms with E-state index in [0.29, 0.717) is 12.3 Å². The highest BCUT2D eigenvalue weighted by Crippen LogP contribution is 2.18. The average Bonchev–Trinajstić information content (AvgIpc) is 2.41. The third kappa shape index (κ3) is 3.26. The van der Waals surface area contributed by atoms with Crippen molar-refractivity contribution in [2.75, 3.05) is 17.7 Å². The second-order valence-electron chi connectivity index (χ2n) is 4.14. The minimum Gasteiger partial charge on any atom is -0.494 e. The van der Waals surface area contributed by atoms with Crippen LogP contribution in [-0.4, -0.2) is 12.5 Å². The number of rotatable bonds is 4. The molecule has 20 heavy (non-hydrogen) atoms. The second-order valence-corrected chi connectivity index (χ2v) is 4.14. The maximum Gasteiger partial charge on any atom is 0.257 e. The van der Waals surface area contributed by atoms with Crippen molar-refractivity contribution in [3.63, 3.8) is 0 Å². The van der Waals surface area contributed by atoms with Crippen molar-refractivity contribution in [3.8, 4) is 5.75 Å². The van der Waals surface area contributed by atoms with Crippen LogP contribution < -0.4 is 15.8 Å². The zero-order valence-electron chi connectivity index (χ0n) is 11.0. The lowest BCUT2D eigenvalue weighted by Crippen LogP contribution is -2.14. The Morgan fingerprint density at radius 1 is 1.25 bits per heavy atom. The van der Waals surface area contributed by atoms with Gasteiger partial charge in [-0.2, -0.15) is 0 Å². The van der Waals surface area contributed by atoms with Crippen LogP contribution in [-0.2, 0) is 0 Å². The van der Waals surface area contributed by atoms with Crippen LogP contribution in [0, 0.1) is 5.82 Å². The number of amides is 1. The molecule has 0 saturated carbocycles. The first-order chi connectivity index (χ1) is 9.60. The van der Waals surface area contributed by atoms with Crippen molar-refractivity contribution < 1.29 is 13.9 Å². The predicted octanol–water partition coefficient (Wildman–Crippen LogP) is 3.06. The highest BCUT2D eigenvalue weighted by atomic mass is 19.1. The van der Waals surface area contributed by atoms with Gasteiger partial charge in [-0.1, -0.05) is 0 Å². The van der Waals surface area contributed by atoms with Gasteiger partial charge < -0.3 is 15.8 Å². The van der Waals surface area contributed by atoms with Crippen molar-refractivity contribution in [1.82, 2.24) is 0 Å². The van der Waals surface area contributed by atoms with Crippen molar-refractivity contribution in [2.24, 2.45) is 0 Å². The topological polar surface area (TPSA) is 64.3 Å². The molecule has 5 heteroatoms. The number of benzene rings is 2. The van der Waals surface area contributed by atoms with Gasteiger partial charge in [-0.3, -0.25) is 4.79 Å². The summed E-state index contributed by atoms with van der Waals surface area (Å²) in [4.78, 5) is 12.0. The second kappa shape index (κ2) is 6.06. The van der Waals surface area contributed by atoms with E-state index in [0.717, 1.165) is 11.8 Å². The van der Waals surface area contributed by atoms with E-state index in [1.165, 1.54) is 12.1 Å². The summed E-state index contributed by atoms with van der Waals surface area (Å²) in [7, 11) is 0. The van der Waals surface area contributed by atoms with Gasteiger partial charge in [-0.15, -0.1) is 0 Å². The number of nitrogens with two attached hydrogens (primary N) is 1. The van der Waals surface area contributed by atoms with Crippen molar-refractivity contribution in [1.29, 1.82) is 0 Å². The average molecular weight is 274 g/mol. The van der Waals surface area contributed by atoms with Crippen molar-refractivity contribution in [3.05, 3.63) is 53.8 Å². The van der Waals surface area contributed by atoms with Crippen LogP contribution in [0.3, 0.4) is 0 Å². The molecule has 0 aliphatic heterocycles. The Balaban J connectivity index is 2.11. The van der Waals surface area contributed by atoms with Crippen LogP contribution in [0.15, 0.2) is 42.5 Å². The summed E-state index contributed by atoms with van der Waals surface area (Å²) in [5.41, 5.74) is 6.57. The van der Waals surface area contributed by atoms with E-state index in [4.69, 9.17) is 10.5 Å². The summed E-state index contributed by atoms with van der Waals surface area (Å²) in [5.74, 6) is -0.126. The molecule has 0 aromatic heterocycles. The van der Waals surface area contributed by atoms with Gasteiger partial charge in [-0.25, -0.2) is 4.39 Å². The molecule has 0 radical (unpaired) electrons. The van der Waals surface area contributed by atoms with Gasteiger partial charge in [-0.05, 0) is 49.4 Å². The fourth-order valence-electron chi connectivity index (χ4n) is 1.74. The van der Waals surface area contributed by atoms with Gasteiger partial charge in [0.2, 0.25) is 0 Å². The number of carbonyl (C=O) groups excluding carboxylic acids is 1. The maximum absolute atomic E-state index is 12.9. The van der Waals surface area contributed by atoms with E-state index in [9.17, 15) is 9.18 Å². The number of halogens is 1. The molecule has 3 N–H and O–H groups in total. The van der Waals surface area contributed by atoms with Crippen LogP contribution in [0.1, 0.15) is 17.3 Å². The van der Waals surface area contributed by atoms with Crippen LogP contribution in [0.4, 0.5) is 15.8 Å². The van der Waals surface area contributed by atoms with E-state index < -0.39 is 5.82 Å². The Hall–Kier alpha value is -2.56. The van der Waals surface area contributed by atoms with Crippen molar-refractivity contribution in [2.45, 2.75) is 6.92 Å². The number of nitrogen functional groups attached to an aromatic ring is 1. The third-order valence-corrected chi connectivity index (χ3v) is 2.68. The molecule has 0 fully saturated rings. The van der Waals surface area contributed by atoms with Gasteiger partial charge in [0.15, 0.2) is 0 Å². The van der Waals surface area contributed by atoms with Gasteiger partial charge in [0.25, 0.3) is 5.91 Å². The fourth-order valence-corrected chi connectivity index (χ4v) is 1.74. The molecule has 2 aromatic carbocycles. The van der Waals surface area contributed by atoms with E-state index >= 15 is 0 Å². The van der Waals surface area contributed by atoms with Crippen LogP contribution in [0.2, 0.25) is 0 Å². The number of carbonyl (C=O) groups is 1. The molecule has 104 valence electrons. The highest BCUT2D eigenvalue weighted by Gasteiger charge is 2.10. The van der Waals surface area contributed by atoms with E-state index in [1.54, 1.807) is 24.3 Å². The largest absolute Gasteiger partial charge is 0.494 e. The first kappa shape index (κ1) is 13.9. The van der Waals surface area contributed by atoms with Gasteiger partial charge >= 0.3 is 0 Å². The Morgan fingerprint density at radius 3 is 2.55 bits per heavy atom. The summed E-state index contributed by atoms with van der Waals surface area (Å²) in [6, 6.07) is 10.6. The molecular weight excluding hydrogens is 259 g/mol. The van der Waals surface area contributed by atoms with E-state index in [-0.39, 0.29) is 17.2 Å². The lowest BCUT2D eigenvalue weighted by Gasteiger charge is -2.08. The number of anilines is 2. The van der Waals surface area contributed by atoms with Gasteiger partial charge in [0, 0.05) is 11.4 Å². The molecule has 0 bridgehead atoms. The Bertz CT molecular complexity index is 612. The standard InChI is InChI=1S/C15H15FN2O2/c1-2-20-12-6-4-11(5-7-12)18-15(19)13-8-3-10(16)9-14(13)17/h3-9H,2,17H2,1H3,(H,18,19). The Morgan fingerprint density at radius 2 is 1.95 bits per heavy atom. The van der Waals surface area contributed by atoms with Crippen molar-refractivity contribution >= 4 is 17.3 Å². The maximum atomic E-state index is 12.9. The highest BCUT2D eigenvalue weighted by molar-refractivity contribution is 6.07. The number of hydrogen-bond acceptors (Lipinski definition) is 3. The molecule has 4 nitrogen and oxygen atoms in total. The zero-order valence-corrected chi connectivity index (χ0v) is 11.0. The third-order valence-electron chi connectivity index (χ3n) is 2.68. The molecule has 0 unspecified atom stereocenters. The summed E-state index contributed by atoms with van der Waals surface area (Å²) in [6.45, 7) is 2.48. The van der Waals surface area contributed by atoms with Crippen LogP contribution >= 0.6 is 0 Å². The summed E-state index contributed by atoms with van der Waals surface area (Å²) < 4.78 is 18.2. The lowest BCUT2D eigenvalue weighted by molar-refractivity contribution is 0.102.